The molecule has 0 saturated heterocycles. The molecule has 0 unspecified atom stereocenters. The third-order valence-corrected chi connectivity index (χ3v) is 3.94. The van der Waals surface area contributed by atoms with Gasteiger partial charge in [-0.3, -0.25) is 9.59 Å². The van der Waals surface area contributed by atoms with Gasteiger partial charge in [0.15, 0.2) is 0 Å². The first-order chi connectivity index (χ1) is 16.1. The smallest absolute Gasteiger partial charge is 0.313 e. The van der Waals surface area contributed by atoms with E-state index in [0.717, 1.165) is 0 Å². The maximum atomic E-state index is 11.7. The van der Waals surface area contributed by atoms with Crippen molar-refractivity contribution >= 4 is 11.9 Å². The van der Waals surface area contributed by atoms with Gasteiger partial charge in [0, 0.05) is 12.1 Å². The average molecular weight is 473 g/mol. The van der Waals surface area contributed by atoms with Crippen LogP contribution < -0.4 is 16.2 Å². The van der Waals surface area contributed by atoms with Gasteiger partial charge in [-0.1, -0.05) is 0 Å². The molecule has 33 heavy (non-hydrogen) atoms. The van der Waals surface area contributed by atoms with Crippen molar-refractivity contribution in [3.63, 3.8) is 0 Å². The number of esters is 1. The summed E-state index contributed by atoms with van der Waals surface area (Å²) < 4.78 is 37.1. The maximum absolute atomic E-state index is 11.7. The Labute approximate surface area is 194 Å². The molecule has 4 N–H and O–H groups in total. The number of ether oxygens (including phenoxy) is 7. The number of hydrogen-bond acceptors (Lipinski definition) is 10. The van der Waals surface area contributed by atoms with Gasteiger partial charge in [-0.25, -0.2) is 0 Å². The van der Waals surface area contributed by atoms with Gasteiger partial charge in [0.1, 0.15) is 5.75 Å². The normalized spacial score (nSPS) is 10.9. The van der Waals surface area contributed by atoms with E-state index in [2.05, 4.69) is 0 Å². The lowest BCUT2D eigenvalue weighted by molar-refractivity contribution is -0.135. The molecule has 0 saturated carbocycles. The predicted octanol–water partition coefficient (Wildman–Crippen LogP) is 0.139. The van der Waals surface area contributed by atoms with Gasteiger partial charge in [-0.05, 0) is 24.3 Å². The molecule has 0 aromatic heterocycles. The van der Waals surface area contributed by atoms with Crippen LogP contribution in [-0.2, 0) is 33.2 Å². The molecule has 0 radical (unpaired) electrons. The SMILES string of the molecule is NCCOCCOCCOCCOCCOCCOCCC(=O)Oc1ccc(C(N)=O)cc1. The van der Waals surface area contributed by atoms with Crippen molar-refractivity contribution < 1.29 is 42.7 Å². The molecule has 1 aromatic rings. The summed E-state index contributed by atoms with van der Waals surface area (Å²) in [6.45, 7) is 5.98. The average Bonchev–Trinajstić information content (AvgIpc) is 2.81. The lowest BCUT2D eigenvalue weighted by Gasteiger charge is -2.08. The van der Waals surface area contributed by atoms with E-state index >= 15 is 0 Å². The Kier molecular flexibility index (Phi) is 17.9. The quantitative estimate of drug-likeness (QED) is 0.135. The fourth-order valence-electron chi connectivity index (χ4n) is 2.31. The summed E-state index contributed by atoms with van der Waals surface area (Å²) in [6, 6.07) is 6.01. The highest BCUT2D eigenvalue weighted by molar-refractivity contribution is 5.92. The van der Waals surface area contributed by atoms with Gasteiger partial charge in [-0.15, -0.1) is 0 Å². The van der Waals surface area contributed by atoms with Crippen molar-refractivity contribution in [1.29, 1.82) is 0 Å². The summed E-state index contributed by atoms with van der Waals surface area (Å²) in [4.78, 5) is 22.7. The Hall–Kier alpha value is -2.12. The molecule has 0 fully saturated rings. The summed E-state index contributed by atoms with van der Waals surface area (Å²) in [5.74, 6) is -0.625. The summed E-state index contributed by atoms with van der Waals surface area (Å²) in [5.41, 5.74) is 10.8. The lowest BCUT2D eigenvalue weighted by atomic mass is 10.2. The van der Waals surface area contributed by atoms with Gasteiger partial charge in [0.2, 0.25) is 5.91 Å². The van der Waals surface area contributed by atoms with Crippen LogP contribution in [-0.4, -0.2) is 97.7 Å². The minimum absolute atomic E-state index is 0.105. The summed E-state index contributed by atoms with van der Waals surface area (Å²) in [7, 11) is 0. The zero-order chi connectivity index (χ0) is 24.0. The first-order valence-electron chi connectivity index (χ1n) is 10.9. The zero-order valence-corrected chi connectivity index (χ0v) is 19.0. The van der Waals surface area contributed by atoms with Crippen LogP contribution in [0.5, 0.6) is 5.75 Å². The molecule has 0 aliphatic heterocycles. The van der Waals surface area contributed by atoms with Crippen LogP contribution in [0, 0.1) is 0 Å². The molecule has 0 aliphatic carbocycles. The number of benzene rings is 1. The zero-order valence-electron chi connectivity index (χ0n) is 19.0. The highest BCUT2D eigenvalue weighted by Gasteiger charge is 2.06. The minimum Gasteiger partial charge on any atom is -0.426 e. The van der Waals surface area contributed by atoms with Crippen LogP contribution in [0.3, 0.4) is 0 Å². The predicted molar refractivity (Wildman–Crippen MR) is 119 cm³/mol. The molecule has 11 nitrogen and oxygen atoms in total. The largest absolute Gasteiger partial charge is 0.426 e. The van der Waals surface area contributed by atoms with E-state index < -0.39 is 11.9 Å². The van der Waals surface area contributed by atoms with Gasteiger partial charge in [-0.2, -0.15) is 0 Å². The van der Waals surface area contributed by atoms with E-state index in [-0.39, 0.29) is 13.0 Å². The minimum atomic E-state index is -0.539. The van der Waals surface area contributed by atoms with E-state index in [1.54, 1.807) is 0 Å². The molecule has 0 atom stereocenters. The summed E-state index contributed by atoms with van der Waals surface area (Å²) >= 11 is 0. The molecular weight excluding hydrogens is 436 g/mol. The lowest BCUT2D eigenvalue weighted by Crippen LogP contribution is -2.15. The third kappa shape index (κ3) is 17.1. The first-order valence-corrected chi connectivity index (χ1v) is 10.9. The molecule has 188 valence electrons. The van der Waals surface area contributed by atoms with Crippen molar-refractivity contribution in [1.82, 2.24) is 0 Å². The van der Waals surface area contributed by atoms with Gasteiger partial charge >= 0.3 is 5.97 Å². The van der Waals surface area contributed by atoms with Crippen molar-refractivity contribution in [2.24, 2.45) is 11.5 Å². The number of rotatable bonds is 22. The van der Waals surface area contributed by atoms with E-state index in [1.165, 1.54) is 24.3 Å². The second-order valence-corrected chi connectivity index (χ2v) is 6.58. The molecule has 0 bridgehead atoms. The van der Waals surface area contributed by atoms with E-state index in [0.29, 0.717) is 90.5 Å². The number of carbonyl (C=O) groups is 2. The molecule has 0 aliphatic rings. The highest BCUT2D eigenvalue weighted by atomic mass is 16.6. The third-order valence-electron chi connectivity index (χ3n) is 3.94. The number of nitrogens with two attached hydrogens (primary N) is 2. The Balaban J connectivity index is 1.80. The fraction of sp³-hybridized carbons (Fsp3) is 0.636. The first kappa shape index (κ1) is 28.9. The van der Waals surface area contributed by atoms with E-state index in [1.807, 2.05) is 0 Å². The second kappa shape index (κ2) is 20.5. The van der Waals surface area contributed by atoms with Crippen LogP contribution in [0.1, 0.15) is 16.8 Å². The Bertz CT molecular complexity index is 629. The maximum Gasteiger partial charge on any atom is 0.313 e. The van der Waals surface area contributed by atoms with Crippen molar-refractivity contribution in [2.75, 3.05) is 85.8 Å². The van der Waals surface area contributed by atoms with Crippen LogP contribution in [0.4, 0.5) is 0 Å². The van der Waals surface area contributed by atoms with Crippen molar-refractivity contribution in [3.05, 3.63) is 29.8 Å². The fourth-order valence-corrected chi connectivity index (χ4v) is 2.31. The highest BCUT2D eigenvalue weighted by Crippen LogP contribution is 2.12. The van der Waals surface area contributed by atoms with Crippen LogP contribution >= 0.6 is 0 Å². The second-order valence-electron chi connectivity index (χ2n) is 6.58. The molecule has 1 amide bonds. The van der Waals surface area contributed by atoms with Gasteiger partial charge in [0.25, 0.3) is 0 Å². The standard InChI is InChI=1S/C22H36N2O9/c23-6-8-28-10-12-30-14-16-32-18-17-31-15-13-29-11-9-27-7-5-21(25)33-20-3-1-19(2-4-20)22(24)26/h1-4H,5-18,23H2,(H2,24,26). The molecular formula is C22H36N2O9. The number of primary amides is 1. The van der Waals surface area contributed by atoms with E-state index in [9.17, 15) is 9.59 Å². The van der Waals surface area contributed by atoms with Gasteiger partial charge < -0.3 is 44.6 Å². The Morgan fingerprint density at radius 1 is 0.606 bits per heavy atom. The van der Waals surface area contributed by atoms with Crippen LogP contribution in [0.25, 0.3) is 0 Å². The Morgan fingerprint density at radius 2 is 1.00 bits per heavy atom. The number of hydrogen-bond donors (Lipinski definition) is 2. The molecule has 11 heteroatoms. The summed E-state index contributed by atoms with van der Waals surface area (Å²) in [5, 5.41) is 0. The monoisotopic (exact) mass is 472 g/mol. The topological polar surface area (TPSA) is 151 Å². The van der Waals surface area contributed by atoms with Crippen LogP contribution in [0.2, 0.25) is 0 Å². The van der Waals surface area contributed by atoms with Crippen molar-refractivity contribution in [2.45, 2.75) is 6.42 Å². The molecule has 1 aromatic carbocycles. The number of amides is 1. The van der Waals surface area contributed by atoms with Gasteiger partial charge in [0.05, 0.1) is 85.7 Å². The number of carbonyl (C=O) groups excluding carboxylic acids is 2. The van der Waals surface area contributed by atoms with Crippen LogP contribution in [0.15, 0.2) is 24.3 Å². The molecule has 1 rings (SSSR count). The van der Waals surface area contributed by atoms with Crippen molar-refractivity contribution in [3.8, 4) is 5.75 Å². The molecule has 0 spiro atoms. The Morgan fingerprint density at radius 3 is 1.39 bits per heavy atom. The van der Waals surface area contributed by atoms with E-state index in [4.69, 9.17) is 44.6 Å². The molecule has 0 heterocycles. The summed E-state index contributed by atoms with van der Waals surface area (Å²) in [6.07, 6.45) is 0.105.